The Morgan fingerprint density at radius 1 is 1.07 bits per heavy atom. The first kappa shape index (κ1) is 18.9. The summed E-state index contributed by atoms with van der Waals surface area (Å²) >= 11 is 0. The van der Waals surface area contributed by atoms with E-state index in [1.807, 2.05) is 24.1 Å². The zero-order chi connectivity index (χ0) is 19.7. The van der Waals surface area contributed by atoms with Crippen LogP contribution in [-0.2, 0) is 7.05 Å². The predicted molar refractivity (Wildman–Crippen MR) is 110 cm³/mol. The van der Waals surface area contributed by atoms with E-state index in [4.69, 9.17) is 0 Å². The molecule has 4 aliphatic carbocycles. The van der Waals surface area contributed by atoms with E-state index < -0.39 is 0 Å². The molecule has 1 aromatic rings. The minimum atomic E-state index is -0.322. The van der Waals surface area contributed by atoms with Gasteiger partial charge in [0.25, 0.3) is 0 Å². The molecule has 0 unspecified atom stereocenters. The van der Waals surface area contributed by atoms with Crippen molar-refractivity contribution in [2.24, 2.45) is 41.5 Å². The van der Waals surface area contributed by atoms with Crippen molar-refractivity contribution in [3.63, 3.8) is 0 Å². The minimum absolute atomic E-state index is 0.0204. The highest BCUT2D eigenvalue weighted by Crippen LogP contribution is 2.67. The van der Waals surface area contributed by atoms with Gasteiger partial charge in [-0.2, -0.15) is 5.10 Å². The molecule has 5 rings (SSSR count). The van der Waals surface area contributed by atoms with Crippen LogP contribution in [0.15, 0.2) is 18.0 Å². The van der Waals surface area contributed by atoms with Gasteiger partial charge in [0.2, 0.25) is 0 Å². The highest BCUT2D eigenvalue weighted by Gasteiger charge is 2.61. The fraction of sp³-hybridized carbons (Fsp3) is 0.792. The molecule has 0 aromatic carbocycles. The van der Waals surface area contributed by atoms with E-state index in [2.05, 4.69) is 25.0 Å². The third kappa shape index (κ3) is 2.67. The van der Waals surface area contributed by atoms with Gasteiger partial charge < -0.3 is 10.2 Å². The standard InChI is InChI=1S/C24H36N2O2/c1-23-8-6-18(27)12-17(23)4-5-19-20(23)7-9-24(2)21(19)11-16(22(24)28)10-15-13-25-26(3)14-15/h10,13-14,17-22,27-28H,4-9,11-12H2,1-3H3/b16-10-/t17-,18+,19+,20-,21-,22+,23-,24-/m0/s1. The van der Waals surface area contributed by atoms with Crippen LogP contribution in [0.2, 0.25) is 0 Å². The summed E-state index contributed by atoms with van der Waals surface area (Å²) in [5.74, 6) is 2.78. The number of nitrogens with zero attached hydrogens (tertiary/aromatic N) is 2. The summed E-state index contributed by atoms with van der Waals surface area (Å²) in [6.07, 6.45) is 14.9. The van der Waals surface area contributed by atoms with Gasteiger partial charge in [-0.25, -0.2) is 0 Å². The monoisotopic (exact) mass is 384 g/mol. The summed E-state index contributed by atoms with van der Waals surface area (Å²) < 4.78 is 1.83. The van der Waals surface area contributed by atoms with E-state index in [0.29, 0.717) is 17.3 Å². The third-order valence-corrected chi connectivity index (χ3v) is 9.58. The Morgan fingerprint density at radius 2 is 1.86 bits per heavy atom. The lowest BCUT2D eigenvalue weighted by atomic mass is 9.45. The first-order valence-electron chi connectivity index (χ1n) is 11.4. The van der Waals surface area contributed by atoms with Gasteiger partial charge in [0.05, 0.1) is 18.4 Å². The molecule has 8 atom stereocenters. The summed E-state index contributed by atoms with van der Waals surface area (Å²) in [5.41, 5.74) is 2.73. The fourth-order valence-electron chi connectivity index (χ4n) is 7.96. The number of aryl methyl sites for hydroxylation is 1. The molecule has 4 heteroatoms. The third-order valence-electron chi connectivity index (χ3n) is 9.58. The Balaban J connectivity index is 1.44. The normalized spacial score (nSPS) is 49.5. The molecular weight excluding hydrogens is 348 g/mol. The van der Waals surface area contributed by atoms with Gasteiger partial charge in [0, 0.05) is 24.2 Å². The number of aliphatic hydroxyl groups is 2. The molecular formula is C24H36N2O2. The van der Waals surface area contributed by atoms with Crippen LogP contribution in [0.5, 0.6) is 0 Å². The Kier molecular flexibility index (Phi) is 4.34. The average Bonchev–Trinajstić information content (AvgIpc) is 3.18. The summed E-state index contributed by atoms with van der Waals surface area (Å²) in [4.78, 5) is 0. The van der Waals surface area contributed by atoms with E-state index in [-0.39, 0.29) is 17.6 Å². The number of rotatable bonds is 1. The second-order valence-electron chi connectivity index (χ2n) is 10.9. The average molecular weight is 385 g/mol. The van der Waals surface area contributed by atoms with E-state index in [1.165, 1.54) is 31.3 Å². The van der Waals surface area contributed by atoms with Gasteiger partial charge in [0.15, 0.2) is 0 Å². The maximum atomic E-state index is 11.3. The van der Waals surface area contributed by atoms with Crippen LogP contribution >= 0.6 is 0 Å². The van der Waals surface area contributed by atoms with Crippen molar-refractivity contribution in [1.29, 1.82) is 0 Å². The number of hydrogen-bond acceptors (Lipinski definition) is 3. The van der Waals surface area contributed by atoms with Gasteiger partial charge in [0.1, 0.15) is 0 Å². The second kappa shape index (κ2) is 6.43. The van der Waals surface area contributed by atoms with Crippen molar-refractivity contribution in [1.82, 2.24) is 9.78 Å². The molecule has 4 aliphatic rings. The van der Waals surface area contributed by atoms with E-state index in [0.717, 1.165) is 43.1 Å². The van der Waals surface area contributed by atoms with Crippen LogP contribution in [0.3, 0.4) is 0 Å². The molecule has 154 valence electrons. The van der Waals surface area contributed by atoms with E-state index >= 15 is 0 Å². The van der Waals surface area contributed by atoms with Crippen LogP contribution in [0.25, 0.3) is 6.08 Å². The van der Waals surface area contributed by atoms with Crippen molar-refractivity contribution < 1.29 is 10.2 Å². The lowest BCUT2D eigenvalue weighted by Gasteiger charge is -2.60. The molecule has 4 nitrogen and oxygen atoms in total. The van der Waals surface area contributed by atoms with Crippen LogP contribution in [-0.4, -0.2) is 32.2 Å². The molecule has 0 saturated heterocycles. The fourth-order valence-corrected chi connectivity index (χ4v) is 7.96. The van der Waals surface area contributed by atoms with Crippen molar-refractivity contribution in [3.8, 4) is 0 Å². The lowest BCUT2D eigenvalue weighted by molar-refractivity contribution is -0.133. The topological polar surface area (TPSA) is 58.3 Å². The summed E-state index contributed by atoms with van der Waals surface area (Å²) in [6.45, 7) is 4.88. The Bertz CT molecular complexity index is 785. The van der Waals surface area contributed by atoms with E-state index in [1.54, 1.807) is 0 Å². The highest BCUT2D eigenvalue weighted by atomic mass is 16.3. The van der Waals surface area contributed by atoms with Crippen molar-refractivity contribution in [3.05, 3.63) is 23.5 Å². The SMILES string of the molecule is Cn1cc(/C=C2/C[C@H]3[C@@H]4CC[C@H]5C[C@H](O)CC[C@]5(C)[C@H]4CC[C@]3(C)[C@@H]2O)cn1. The summed E-state index contributed by atoms with van der Waals surface area (Å²) in [6, 6.07) is 0. The smallest absolute Gasteiger partial charge is 0.0809 e. The summed E-state index contributed by atoms with van der Waals surface area (Å²) in [7, 11) is 1.94. The molecule has 0 amide bonds. The van der Waals surface area contributed by atoms with Gasteiger partial charge in [-0.3, -0.25) is 4.68 Å². The highest BCUT2D eigenvalue weighted by molar-refractivity contribution is 5.54. The van der Waals surface area contributed by atoms with Gasteiger partial charge in [-0.15, -0.1) is 0 Å². The van der Waals surface area contributed by atoms with Crippen LogP contribution in [0.4, 0.5) is 0 Å². The largest absolute Gasteiger partial charge is 0.393 e. The van der Waals surface area contributed by atoms with Crippen LogP contribution in [0, 0.1) is 34.5 Å². The summed E-state index contributed by atoms with van der Waals surface area (Å²) in [5, 5.41) is 25.8. The molecule has 0 radical (unpaired) electrons. The minimum Gasteiger partial charge on any atom is -0.393 e. The molecule has 0 aliphatic heterocycles. The van der Waals surface area contributed by atoms with Crippen molar-refractivity contribution >= 4 is 6.08 Å². The van der Waals surface area contributed by atoms with Crippen molar-refractivity contribution in [2.45, 2.75) is 77.4 Å². The van der Waals surface area contributed by atoms with E-state index in [9.17, 15) is 10.2 Å². The molecule has 28 heavy (non-hydrogen) atoms. The quantitative estimate of drug-likeness (QED) is 0.764. The number of hydrogen-bond donors (Lipinski definition) is 2. The maximum absolute atomic E-state index is 11.3. The molecule has 0 bridgehead atoms. The second-order valence-corrected chi connectivity index (χ2v) is 10.9. The number of aromatic nitrogens is 2. The molecule has 1 heterocycles. The molecule has 0 spiro atoms. The first-order chi connectivity index (χ1) is 13.3. The van der Waals surface area contributed by atoms with Gasteiger partial charge >= 0.3 is 0 Å². The Morgan fingerprint density at radius 3 is 2.61 bits per heavy atom. The maximum Gasteiger partial charge on any atom is 0.0809 e. The lowest BCUT2D eigenvalue weighted by Crippen LogP contribution is -2.54. The van der Waals surface area contributed by atoms with Crippen molar-refractivity contribution in [2.75, 3.05) is 0 Å². The van der Waals surface area contributed by atoms with Crippen LogP contribution in [0.1, 0.15) is 70.8 Å². The predicted octanol–water partition coefficient (Wildman–Crippen LogP) is 4.18. The first-order valence-corrected chi connectivity index (χ1v) is 11.4. The zero-order valence-electron chi connectivity index (χ0n) is 17.6. The van der Waals surface area contributed by atoms with Crippen LogP contribution < -0.4 is 0 Å². The Hall–Kier alpha value is -1.13. The molecule has 1 aromatic heterocycles. The molecule has 2 N–H and O–H groups in total. The number of fused-ring (bicyclic) bond motifs is 5. The number of aliphatic hydroxyl groups excluding tert-OH is 2. The zero-order valence-corrected chi connectivity index (χ0v) is 17.6. The van der Waals surface area contributed by atoms with Gasteiger partial charge in [-0.05, 0) is 86.0 Å². The van der Waals surface area contributed by atoms with Gasteiger partial charge in [-0.1, -0.05) is 19.9 Å². The molecule has 4 saturated carbocycles. The Labute approximate surface area is 169 Å². The molecule has 4 fully saturated rings.